The summed E-state index contributed by atoms with van der Waals surface area (Å²) >= 11 is 0. The van der Waals surface area contributed by atoms with Gasteiger partial charge in [0, 0.05) is 6.54 Å². The highest BCUT2D eigenvalue weighted by atomic mass is 16.5. The van der Waals surface area contributed by atoms with Gasteiger partial charge in [0.1, 0.15) is 6.61 Å². The molecule has 0 aliphatic rings. The fraction of sp³-hybridized carbons (Fsp3) is 0.875. The first-order valence-corrected chi connectivity index (χ1v) is 4.08. The van der Waals surface area contributed by atoms with Gasteiger partial charge in [-0.05, 0) is 19.5 Å². The lowest BCUT2D eigenvalue weighted by atomic mass is 10.4. The van der Waals surface area contributed by atoms with Gasteiger partial charge in [0.2, 0.25) is 0 Å². The van der Waals surface area contributed by atoms with Gasteiger partial charge in [-0.25, -0.2) is 0 Å². The van der Waals surface area contributed by atoms with E-state index in [2.05, 4.69) is 23.5 Å². The molecule has 0 spiro atoms. The minimum Gasteiger partial charge on any atom is -0.427 e. The predicted octanol–water partition coefficient (Wildman–Crippen LogP) is 1.22. The quantitative estimate of drug-likeness (QED) is 0.428. The van der Waals surface area contributed by atoms with E-state index in [-0.39, 0.29) is 0 Å². The second kappa shape index (κ2) is 7.36. The van der Waals surface area contributed by atoms with Gasteiger partial charge in [-0.3, -0.25) is 0 Å². The minimum absolute atomic E-state index is 0.549. The zero-order valence-electron chi connectivity index (χ0n) is 7.34. The third kappa shape index (κ3) is 5.68. The standard InChI is InChI=1S/C8H16N2O/c1-3-10(4-2)6-5-7-11-8-9/h3-7H2,1-2H3. The average molecular weight is 156 g/mol. The van der Waals surface area contributed by atoms with Crippen molar-refractivity contribution in [3.05, 3.63) is 0 Å². The second-order valence-corrected chi connectivity index (χ2v) is 2.32. The Kier molecular flexibility index (Phi) is 6.86. The van der Waals surface area contributed by atoms with E-state index in [9.17, 15) is 0 Å². The maximum Gasteiger partial charge on any atom is 0.286 e. The van der Waals surface area contributed by atoms with Crippen molar-refractivity contribution in [2.45, 2.75) is 20.3 Å². The number of rotatable bonds is 6. The molecule has 0 atom stereocenters. The number of nitriles is 1. The Morgan fingerprint density at radius 3 is 2.45 bits per heavy atom. The molecule has 0 saturated heterocycles. The van der Waals surface area contributed by atoms with Crippen molar-refractivity contribution in [2.75, 3.05) is 26.2 Å². The molecule has 0 saturated carbocycles. The highest BCUT2D eigenvalue weighted by Crippen LogP contribution is 1.90. The smallest absolute Gasteiger partial charge is 0.286 e. The van der Waals surface area contributed by atoms with E-state index in [4.69, 9.17) is 5.26 Å². The highest BCUT2D eigenvalue weighted by Gasteiger charge is 1.96. The fourth-order valence-electron chi connectivity index (χ4n) is 0.946. The van der Waals surface area contributed by atoms with Crippen molar-refractivity contribution in [3.63, 3.8) is 0 Å². The van der Waals surface area contributed by atoms with Crippen LogP contribution in [0.4, 0.5) is 0 Å². The van der Waals surface area contributed by atoms with Crippen LogP contribution in [0.3, 0.4) is 0 Å². The van der Waals surface area contributed by atoms with Crippen LogP contribution in [0.2, 0.25) is 0 Å². The minimum atomic E-state index is 0.549. The van der Waals surface area contributed by atoms with E-state index in [1.807, 2.05) is 0 Å². The van der Waals surface area contributed by atoms with Crippen molar-refractivity contribution >= 4 is 0 Å². The second-order valence-electron chi connectivity index (χ2n) is 2.32. The van der Waals surface area contributed by atoms with Crippen LogP contribution in [-0.2, 0) is 4.74 Å². The van der Waals surface area contributed by atoms with Crippen LogP contribution in [0, 0.1) is 11.5 Å². The van der Waals surface area contributed by atoms with Crippen LogP contribution in [0.25, 0.3) is 0 Å². The van der Waals surface area contributed by atoms with Crippen LogP contribution in [-0.4, -0.2) is 31.1 Å². The summed E-state index contributed by atoms with van der Waals surface area (Å²) in [5, 5.41) is 8.06. The van der Waals surface area contributed by atoms with Crippen molar-refractivity contribution < 1.29 is 4.74 Å². The first kappa shape index (κ1) is 10.2. The normalized spacial score (nSPS) is 9.64. The van der Waals surface area contributed by atoms with Gasteiger partial charge in [-0.15, -0.1) is 0 Å². The molecule has 0 aromatic carbocycles. The van der Waals surface area contributed by atoms with E-state index < -0.39 is 0 Å². The third-order valence-corrected chi connectivity index (χ3v) is 1.68. The van der Waals surface area contributed by atoms with Crippen LogP contribution < -0.4 is 0 Å². The van der Waals surface area contributed by atoms with Gasteiger partial charge in [0.25, 0.3) is 6.26 Å². The lowest BCUT2D eigenvalue weighted by molar-refractivity contribution is 0.225. The van der Waals surface area contributed by atoms with Gasteiger partial charge in [0.15, 0.2) is 0 Å². The number of nitrogens with zero attached hydrogens (tertiary/aromatic N) is 2. The maximum atomic E-state index is 8.06. The molecule has 0 aliphatic heterocycles. The molecule has 0 unspecified atom stereocenters. The Bertz CT molecular complexity index is 116. The van der Waals surface area contributed by atoms with Crippen molar-refractivity contribution in [1.82, 2.24) is 4.90 Å². The molecular formula is C8H16N2O. The third-order valence-electron chi connectivity index (χ3n) is 1.68. The molecule has 0 radical (unpaired) electrons. The summed E-state index contributed by atoms with van der Waals surface area (Å²) in [5.74, 6) is 0. The summed E-state index contributed by atoms with van der Waals surface area (Å²) in [6.07, 6.45) is 2.60. The van der Waals surface area contributed by atoms with E-state index in [0.717, 1.165) is 26.1 Å². The van der Waals surface area contributed by atoms with Gasteiger partial charge in [-0.2, -0.15) is 5.26 Å². The molecule has 0 heterocycles. The van der Waals surface area contributed by atoms with Crippen LogP contribution >= 0.6 is 0 Å². The van der Waals surface area contributed by atoms with Crippen LogP contribution in [0.1, 0.15) is 20.3 Å². The Morgan fingerprint density at radius 2 is 2.00 bits per heavy atom. The zero-order valence-corrected chi connectivity index (χ0v) is 7.34. The van der Waals surface area contributed by atoms with Gasteiger partial charge < -0.3 is 9.64 Å². The van der Waals surface area contributed by atoms with E-state index in [1.54, 1.807) is 6.26 Å². The van der Waals surface area contributed by atoms with Crippen molar-refractivity contribution in [2.24, 2.45) is 0 Å². The van der Waals surface area contributed by atoms with Gasteiger partial charge >= 0.3 is 0 Å². The van der Waals surface area contributed by atoms with Gasteiger partial charge in [-0.1, -0.05) is 13.8 Å². The number of ether oxygens (including phenoxy) is 1. The number of hydrogen-bond acceptors (Lipinski definition) is 3. The lowest BCUT2D eigenvalue weighted by Crippen LogP contribution is -2.24. The van der Waals surface area contributed by atoms with E-state index in [0.29, 0.717) is 6.61 Å². The highest BCUT2D eigenvalue weighted by molar-refractivity contribution is 4.53. The lowest BCUT2D eigenvalue weighted by Gasteiger charge is -2.16. The topological polar surface area (TPSA) is 36.3 Å². The molecule has 0 aromatic heterocycles. The molecule has 0 amide bonds. The van der Waals surface area contributed by atoms with Crippen molar-refractivity contribution in [1.29, 1.82) is 5.26 Å². The molecule has 3 nitrogen and oxygen atoms in total. The molecule has 0 rings (SSSR count). The number of hydrogen-bond donors (Lipinski definition) is 0. The van der Waals surface area contributed by atoms with E-state index in [1.165, 1.54) is 0 Å². The van der Waals surface area contributed by atoms with Crippen LogP contribution in [0.5, 0.6) is 0 Å². The summed E-state index contributed by atoms with van der Waals surface area (Å²) in [6.45, 7) is 7.98. The fourth-order valence-corrected chi connectivity index (χ4v) is 0.946. The Hall–Kier alpha value is -0.750. The average Bonchev–Trinajstić information content (AvgIpc) is 2.05. The molecule has 0 bridgehead atoms. The van der Waals surface area contributed by atoms with Crippen LogP contribution in [0.15, 0.2) is 0 Å². The summed E-state index contributed by atoms with van der Waals surface area (Å²) in [5.41, 5.74) is 0. The first-order valence-electron chi connectivity index (χ1n) is 4.08. The van der Waals surface area contributed by atoms with Gasteiger partial charge in [0.05, 0.1) is 0 Å². The Labute approximate surface area is 68.6 Å². The Morgan fingerprint density at radius 1 is 1.36 bits per heavy atom. The maximum absolute atomic E-state index is 8.06. The molecule has 0 aromatic rings. The monoisotopic (exact) mass is 156 g/mol. The molecule has 0 fully saturated rings. The Balaban J connectivity index is 3.16. The van der Waals surface area contributed by atoms with E-state index >= 15 is 0 Å². The predicted molar refractivity (Wildman–Crippen MR) is 44.0 cm³/mol. The summed E-state index contributed by atoms with van der Waals surface area (Å²) in [7, 11) is 0. The molecule has 64 valence electrons. The summed E-state index contributed by atoms with van der Waals surface area (Å²) in [4.78, 5) is 2.31. The molecule has 0 aliphatic carbocycles. The molecule has 11 heavy (non-hydrogen) atoms. The zero-order chi connectivity index (χ0) is 8.53. The van der Waals surface area contributed by atoms with Crippen molar-refractivity contribution in [3.8, 4) is 6.26 Å². The molecular weight excluding hydrogens is 140 g/mol. The first-order chi connectivity index (χ1) is 5.35. The summed E-state index contributed by atoms with van der Waals surface area (Å²) in [6, 6.07) is 0. The summed E-state index contributed by atoms with van der Waals surface area (Å²) < 4.78 is 4.55. The SMILES string of the molecule is CCN(CC)CCCOC#N. The largest absolute Gasteiger partial charge is 0.427 e. The molecule has 3 heteroatoms. The molecule has 0 N–H and O–H groups in total.